The largest absolute Gasteiger partial charge is 0.461 e. The SMILES string of the molecule is C[C@@H]1C[C@H]1c1ccc(/C=C/C(=O)NC2CCCCC2)o1. The topological polar surface area (TPSA) is 42.2 Å². The van der Waals surface area contributed by atoms with Crippen molar-refractivity contribution in [2.75, 3.05) is 0 Å². The van der Waals surface area contributed by atoms with Crippen LogP contribution in [0.2, 0.25) is 0 Å². The summed E-state index contributed by atoms with van der Waals surface area (Å²) in [5.74, 6) is 3.16. The highest BCUT2D eigenvalue weighted by Gasteiger charge is 2.36. The van der Waals surface area contributed by atoms with Crippen LogP contribution in [0.15, 0.2) is 22.6 Å². The van der Waals surface area contributed by atoms with Gasteiger partial charge in [-0.1, -0.05) is 26.2 Å². The first-order valence-corrected chi connectivity index (χ1v) is 7.80. The van der Waals surface area contributed by atoms with Crippen molar-refractivity contribution in [2.24, 2.45) is 5.92 Å². The molecule has 0 saturated heterocycles. The minimum atomic E-state index is -0.00496. The molecule has 3 heteroatoms. The fraction of sp³-hybridized carbons (Fsp3) is 0.588. The molecule has 3 nitrogen and oxygen atoms in total. The summed E-state index contributed by atoms with van der Waals surface area (Å²) in [6.07, 6.45) is 10.6. The summed E-state index contributed by atoms with van der Waals surface area (Å²) in [5, 5.41) is 3.07. The van der Waals surface area contributed by atoms with Crippen LogP contribution in [0.25, 0.3) is 6.08 Å². The van der Waals surface area contributed by atoms with Crippen molar-refractivity contribution >= 4 is 12.0 Å². The lowest BCUT2D eigenvalue weighted by molar-refractivity contribution is -0.117. The first-order chi connectivity index (χ1) is 9.72. The fourth-order valence-electron chi connectivity index (χ4n) is 3.03. The molecule has 108 valence electrons. The predicted octanol–water partition coefficient (Wildman–Crippen LogP) is 3.87. The molecule has 2 saturated carbocycles. The summed E-state index contributed by atoms with van der Waals surface area (Å²) in [7, 11) is 0. The number of carbonyl (C=O) groups excluding carboxylic acids is 1. The number of hydrogen-bond acceptors (Lipinski definition) is 2. The number of carbonyl (C=O) groups is 1. The second-order valence-electron chi connectivity index (χ2n) is 6.24. The zero-order chi connectivity index (χ0) is 13.9. The molecule has 0 spiro atoms. The Morgan fingerprint density at radius 1 is 1.30 bits per heavy atom. The summed E-state index contributed by atoms with van der Waals surface area (Å²) < 4.78 is 5.75. The molecule has 1 aromatic rings. The Kier molecular flexibility index (Phi) is 3.95. The van der Waals surface area contributed by atoms with E-state index >= 15 is 0 Å². The van der Waals surface area contributed by atoms with Crippen LogP contribution >= 0.6 is 0 Å². The number of nitrogens with one attached hydrogen (secondary N) is 1. The molecule has 0 radical (unpaired) electrons. The monoisotopic (exact) mass is 273 g/mol. The molecule has 0 bridgehead atoms. The second kappa shape index (κ2) is 5.86. The van der Waals surface area contributed by atoms with E-state index in [1.54, 1.807) is 12.2 Å². The third-order valence-corrected chi connectivity index (χ3v) is 4.47. The molecule has 1 N–H and O–H groups in total. The maximum absolute atomic E-state index is 11.9. The Morgan fingerprint density at radius 2 is 2.05 bits per heavy atom. The van der Waals surface area contributed by atoms with Gasteiger partial charge in [0.05, 0.1) is 0 Å². The van der Waals surface area contributed by atoms with E-state index in [-0.39, 0.29) is 5.91 Å². The highest BCUT2D eigenvalue weighted by atomic mass is 16.3. The van der Waals surface area contributed by atoms with Gasteiger partial charge in [-0.2, -0.15) is 0 Å². The van der Waals surface area contributed by atoms with Crippen molar-refractivity contribution < 1.29 is 9.21 Å². The molecule has 0 unspecified atom stereocenters. The van der Waals surface area contributed by atoms with E-state index < -0.39 is 0 Å². The van der Waals surface area contributed by atoms with Crippen molar-refractivity contribution in [3.8, 4) is 0 Å². The van der Waals surface area contributed by atoms with Gasteiger partial charge in [-0.25, -0.2) is 0 Å². The smallest absolute Gasteiger partial charge is 0.244 e. The molecule has 3 rings (SSSR count). The quantitative estimate of drug-likeness (QED) is 0.846. The molecule has 20 heavy (non-hydrogen) atoms. The van der Waals surface area contributed by atoms with Gasteiger partial charge in [-0.05, 0) is 43.4 Å². The van der Waals surface area contributed by atoms with E-state index in [1.165, 1.54) is 25.7 Å². The maximum Gasteiger partial charge on any atom is 0.244 e. The van der Waals surface area contributed by atoms with Gasteiger partial charge >= 0.3 is 0 Å². The Balaban J connectivity index is 1.51. The van der Waals surface area contributed by atoms with Crippen LogP contribution in [0.1, 0.15) is 62.9 Å². The first-order valence-electron chi connectivity index (χ1n) is 7.80. The highest BCUT2D eigenvalue weighted by Crippen LogP contribution is 2.47. The Hall–Kier alpha value is -1.51. The van der Waals surface area contributed by atoms with E-state index in [4.69, 9.17) is 4.42 Å². The molecule has 1 heterocycles. The van der Waals surface area contributed by atoms with Gasteiger partial charge in [0.1, 0.15) is 11.5 Å². The van der Waals surface area contributed by atoms with Gasteiger partial charge in [0.25, 0.3) is 0 Å². The highest BCUT2D eigenvalue weighted by molar-refractivity contribution is 5.91. The van der Waals surface area contributed by atoms with E-state index in [1.807, 2.05) is 12.1 Å². The Labute approximate surface area is 120 Å². The third-order valence-electron chi connectivity index (χ3n) is 4.47. The summed E-state index contributed by atoms with van der Waals surface area (Å²) in [6, 6.07) is 4.35. The molecule has 1 aromatic heterocycles. The van der Waals surface area contributed by atoms with E-state index in [2.05, 4.69) is 12.2 Å². The van der Waals surface area contributed by atoms with Crippen LogP contribution in [-0.2, 0) is 4.79 Å². The summed E-state index contributed by atoms with van der Waals surface area (Å²) in [6.45, 7) is 2.24. The van der Waals surface area contributed by atoms with Gasteiger partial charge in [-0.3, -0.25) is 4.79 Å². The normalized spacial score (nSPS) is 26.9. The summed E-state index contributed by atoms with van der Waals surface area (Å²) in [5.41, 5.74) is 0. The molecule has 0 aliphatic heterocycles. The minimum absolute atomic E-state index is 0.00496. The lowest BCUT2D eigenvalue weighted by atomic mass is 9.95. The number of rotatable bonds is 4. The van der Waals surface area contributed by atoms with Gasteiger partial charge < -0.3 is 9.73 Å². The second-order valence-corrected chi connectivity index (χ2v) is 6.24. The zero-order valence-electron chi connectivity index (χ0n) is 12.1. The summed E-state index contributed by atoms with van der Waals surface area (Å²) >= 11 is 0. The molecule has 2 aliphatic rings. The van der Waals surface area contributed by atoms with Crippen molar-refractivity contribution in [1.29, 1.82) is 0 Å². The zero-order valence-corrected chi connectivity index (χ0v) is 12.1. The van der Waals surface area contributed by atoms with E-state index in [0.29, 0.717) is 12.0 Å². The molecular weight excluding hydrogens is 250 g/mol. The molecular formula is C17H23NO2. The van der Waals surface area contributed by atoms with Crippen LogP contribution in [0, 0.1) is 5.92 Å². The standard InChI is InChI=1S/C17H23NO2/c1-12-11-15(12)16-9-7-14(20-16)8-10-17(19)18-13-5-3-2-4-6-13/h7-10,12-13,15H,2-6,11H2,1H3,(H,18,19)/b10-8+/t12-,15-/m1/s1. The molecule has 1 amide bonds. The summed E-state index contributed by atoms with van der Waals surface area (Å²) in [4.78, 5) is 11.9. The van der Waals surface area contributed by atoms with Crippen LogP contribution in [0.4, 0.5) is 0 Å². The van der Waals surface area contributed by atoms with Crippen molar-refractivity contribution in [3.63, 3.8) is 0 Å². The van der Waals surface area contributed by atoms with Crippen LogP contribution in [0.3, 0.4) is 0 Å². The van der Waals surface area contributed by atoms with Crippen molar-refractivity contribution in [1.82, 2.24) is 5.32 Å². The van der Waals surface area contributed by atoms with Gasteiger partial charge in [-0.15, -0.1) is 0 Å². The fourth-order valence-corrected chi connectivity index (χ4v) is 3.03. The third kappa shape index (κ3) is 3.33. The molecule has 0 aromatic carbocycles. The van der Waals surface area contributed by atoms with Crippen LogP contribution < -0.4 is 5.32 Å². The van der Waals surface area contributed by atoms with Gasteiger partial charge in [0, 0.05) is 18.0 Å². The number of hydrogen-bond donors (Lipinski definition) is 1. The number of amides is 1. The lowest BCUT2D eigenvalue weighted by Crippen LogP contribution is -2.34. The Bertz CT molecular complexity index is 497. The first kappa shape index (κ1) is 13.5. The van der Waals surface area contributed by atoms with Crippen LogP contribution in [0.5, 0.6) is 0 Å². The van der Waals surface area contributed by atoms with E-state index in [0.717, 1.165) is 30.3 Å². The average Bonchev–Trinajstić information content (AvgIpc) is 3.01. The van der Waals surface area contributed by atoms with Crippen molar-refractivity contribution in [3.05, 3.63) is 29.7 Å². The molecule has 2 fully saturated rings. The lowest BCUT2D eigenvalue weighted by Gasteiger charge is -2.21. The Morgan fingerprint density at radius 3 is 2.75 bits per heavy atom. The minimum Gasteiger partial charge on any atom is -0.461 e. The molecule has 2 aliphatic carbocycles. The number of furan rings is 1. The van der Waals surface area contributed by atoms with Crippen molar-refractivity contribution in [2.45, 2.75) is 57.4 Å². The van der Waals surface area contributed by atoms with Gasteiger partial charge in [0.15, 0.2) is 0 Å². The maximum atomic E-state index is 11.9. The van der Waals surface area contributed by atoms with Gasteiger partial charge in [0.2, 0.25) is 5.91 Å². The molecule has 2 atom stereocenters. The average molecular weight is 273 g/mol. The van der Waals surface area contributed by atoms with E-state index in [9.17, 15) is 4.79 Å². The predicted molar refractivity (Wildman–Crippen MR) is 79.3 cm³/mol. The van der Waals surface area contributed by atoms with Crippen LogP contribution in [-0.4, -0.2) is 11.9 Å².